The molecule has 3 nitrogen and oxygen atoms in total. The fourth-order valence-corrected chi connectivity index (χ4v) is 2.25. The van der Waals surface area contributed by atoms with Crippen LogP contribution >= 0.6 is 11.3 Å². The average molecular weight is 199 g/mol. The molecule has 0 aliphatic heterocycles. The summed E-state index contributed by atoms with van der Waals surface area (Å²) in [6, 6.07) is 0.826. The van der Waals surface area contributed by atoms with E-state index < -0.39 is 0 Å². The van der Waals surface area contributed by atoms with Gasteiger partial charge >= 0.3 is 0 Å². The fourth-order valence-electron chi connectivity index (χ4n) is 1.41. The van der Waals surface area contributed by atoms with Crippen molar-refractivity contribution in [1.29, 1.82) is 0 Å². The molecule has 13 heavy (non-hydrogen) atoms. The van der Waals surface area contributed by atoms with Gasteiger partial charge in [0.15, 0.2) is 5.13 Å². The molecule has 1 atom stereocenters. The predicted molar refractivity (Wildman–Crippen MR) is 58.0 cm³/mol. The summed E-state index contributed by atoms with van der Waals surface area (Å²) in [4.78, 5) is 5.44. The molecule has 1 rings (SSSR count). The van der Waals surface area contributed by atoms with Gasteiger partial charge in [0.1, 0.15) is 0 Å². The summed E-state index contributed by atoms with van der Waals surface area (Å²) in [5.74, 6) is 0. The number of rotatable bonds is 3. The molecule has 0 amide bonds. The summed E-state index contributed by atoms with van der Waals surface area (Å²) < 4.78 is 0. The molecule has 0 bridgehead atoms. The fraction of sp³-hybridized carbons (Fsp3) is 0.667. The first-order chi connectivity index (χ1) is 6.00. The summed E-state index contributed by atoms with van der Waals surface area (Å²) in [5, 5.41) is 4.09. The molecule has 0 radical (unpaired) electrons. The minimum absolute atomic E-state index is 0.342. The number of hydrogen-bond acceptors (Lipinski definition) is 4. The van der Waals surface area contributed by atoms with Crippen molar-refractivity contribution in [2.45, 2.75) is 39.8 Å². The lowest BCUT2D eigenvalue weighted by molar-refractivity contribution is 0.510. The Morgan fingerprint density at radius 1 is 1.38 bits per heavy atom. The van der Waals surface area contributed by atoms with Gasteiger partial charge in [-0.25, -0.2) is 4.98 Å². The van der Waals surface area contributed by atoms with Gasteiger partial charge in [0.2, 0.25) is 0 Å². The van der Waals surface area contributed by atoms with E-state index in [2.05, 4.69) is 31.1 Å². The number of hydrogen-bond donors (Lipinski definition) is 2. The van der Waals surface area contributed by atoms with Gasteiger partial charge < -0.3 is 11.1 Å². The van der Waals surface area contributed by atoms with Gasteiger partial charge in [0.05, 0.1) is 5.69 Å². The van der Waals surface area contributed by atoms with E-state index in [4.69, 9.17) is 5.73 Å². The topological polar surface area (TPSA) is 50.9 Å². The van der Waals surface area contributed by atoms with Gasteiger partial charge in [0, 0.05) is 17.0 Å². The molecule has 1 heterocycles. The number of aryl methyl sites for hydroxylation is 1. The van der Waals surface area contributed by atoms with E-state index in [9.17, 15) is 0 Å². The Kier molecular flexibility index (Phi) is 3.27. The minimum Gasteiger partial charge on any atom is -0.375 e. The third-order valence-electron chi connectivity index (χ3n) is 1.83. The van der Waals surface area contributed by atoms with Gasteiger partial charge in [-0.3, -0.25) is 0 Å². The van der Waals surface area contributed by atoms with Crippen LogP contribution in [0.2, 0.25) is 0 Å². The first-order valence-electron chi connectivity index (χ1n) is 4.49. The average Bonchev–Trinajstić information content (AvgIpc) is 2.28. The number of thiazole rings is 1. The number of nitrogens with one attached hydrogen (secondary N) is 1. The number of anilines is 1. The highest BCUT2D eigenvalue weighted by Gasteiger charge is 2.13. The second kappa shape index (κ2) is 4.07. The normalized spacial score (nSPS) is 13.6. The zero-order chi connectivity index (χ0) is 10.0. The van der Waals surface area contributed by atoms with E-state index in [0.717, 1.165) is 5.69 Å². The summed E-state index contributed by atoms with van der Waals surface area (Å²) in [5.41, 5.74) is 6.67. The number of nitrogen functional groups attached to an aromatic ring is 1. The first kappa shape index (κ1) is 10.5. The van der Waals surface area contributed by atoms with E-state index in [1.165, 1.54) is 4.88 Å². The van der Waals surface area contributed by atoms with Gasteiger partial charge in [-0.2, -0.15) is 0 Å². The molecular weight excluding hydrogens is 182 g/mol. The largest absolute Gasteiger partial charge is 0.375 e. The Morgan fingerprint density at radius 2 is 2.00 bits per heavy atom. The smallest absolute Gasteiger partial charge is 0.180 e. The lowest BCUT2D eigenvalue weighted by Crippen LogP contribution is -2.25. The van der Waals surface area contributed by atoms with Crippen LogP contribution in [-0.4, -0.2) is 11.0 Å². The standard InChI is InChI=1S/C9H17N3S/c1-5(2)11-6(3)8-7(4)12-9(10)13-8/h5-6,11H,1-4H3,(H2,10,12). The van der Waals surface area contributed by atoms with Crippen LogP contribution in [-0.2, 0) is 0 Å². The molecule has 0 saturated carbocycles. The first-order valence-corrected chi connectivity index (χ1v) is 5.31. The molecule has 4 heteroatoms. The van der Waals surface area contributed by atoms with Gasteiger partial charge in [0.25, 0.3) is 0 Å². The molecule has 1 aromatic heterocycles. The van der Waals surface area contributed by atoms with Crippen LogP contribution in [0, 0.1) is 6.92 Å². The van der Waals surface area contributed by atoms with Gasteiger partial charge in [-0.15, -0.1) is 11.3 Å². The number of aromatic nitrogens is 1. The van der Waals surface area contributed by atoms with Crippen LogP contribution in [0.3, 0.4) is 0 Å². The Hall–Kier alpha value is -0.610. The van der Waals surface area contributed by atoms with Crippen LogP contribution in [0.5, 0.6) is 0 Å². The van der Waals surface area contributed by atoms with Crippen LogP contribution in [0.4, 0.5) is 5.13 Å². The zero-order valence-corrected chi connectivity index (χ0v) is 9.40. The summed E-state index contributed by atoms with van der Waals surface area (Å²) in [7, 11) is 0. The summed E-state index contributed by atoms with van der Waals surface area (Å²) in [6.07, 6.45) is 0. The third-order valence-corrected chi connectivity index (χ3v) is 2.99. The van der Waals surface area contributed by atoms with Crippen molar-refractivity contribution in [2.24, 2.45) is 0 Å². The molecule has 3 N–H and O–H groups in total. The van der Waals surface area contributed by atoms with Crippen LogP contribution < -0.4 is 11.1 Å². The van der Waals surface area contributed by atoms with Crippen molar-refractivity contribution in [1.82, 2.24) is 10.3 Å². The van der Waals surface area contributed by atoms with Crippen molar-refractivity contribution in [3.63, 3.8) is 0 Å². The molecule has 1 aromatic rings. The molecule has 74 valence electrons. The lowest BCUT2D eigenvalue weighted by atomic mass is 10.2. The Labute approximate surface area is 83.4 Å². The van der Waals surface area contributed by atoms with Crippen LogP contribution in [0.1, 0.15) is 37.4 Å². The highest BCUT2D eigenvalue weighted by molar-refractivity contribution is 7.15. The van der Waals surface area contributed by atoms with Crippen molar-refractivity contribution in [2.75, 3.05) is 5.73 Å². The van der Waals surface area contributed by atoms with Crippen LogP contribution in [0.15, 0.2) is 0 Å². The second-order valence-corrected chi connectivity index (χ2v) is 4.61. The van der Waals surface area contributed by atoms with Crippen LogP contribution in [0.25, 0.3) is 0 Å². The van der Waals surface area contributed by atoms with E-state index in [1.807, 2.05) is 6.92 Å². The summed E-state index contributed by atoms with van der Waals surface area (Å²) >= 11 is 1.57. The zero-order valence-electron chi connectivity index (χ0n) is 8.59. The maximum Gasteiger partial charge on any atom is 0.180 e. The lowest BCUT2D eigenvalue weighted by Gasteiger charge is -2.15. The van der Waals surface area contributed by atoms with Crippen molar-refractivity contribution in [3.8, 4) is 0 Å². The molecule has 0 aliphatic carbocycles. The van der Waals surface area contributed by atoms with Gasteiger partial charge in [-0.1, -0.05) is 13.8 Å². The second-order valence-electron chi connectivity index (χ2n) is 3.54. The SMILES string of the molecule is Cc1nc(N)sc1C(C)NC(C)C. The molecule has 0 saturated heterocycles. The van der Waals surface area contributed by atoms with Crippen molar-refractivity contribution >= 4 is 16.5 Å². The summed E-state index contributed by atoms with van der Waals surface area (Å²) in [6.45, 7) is 8.41. The number of nitrogens with two attached hydrogens (primary N) is 1. The van der Waals surface area contributed by atoms with E-state index in [1.54, 1.807) is 11.3 Å². The predicted octanol–water partition coefficient (Wildman–Crippen LogP) is 2.09. The molecule has 1 unspecified atom stereocenters. The maximum absolute atomic E-state index is 5.63. The Morgan fingerprint density at radius 3 is 2.38 bits per heavy atom. The van der Waals surface area contributed by atoms with Crippen molar-refractivity contribution < 1.29 is 0 Å². The monoisotopic (exact) mass is 199 g/mol. The highest BCUT2D eigenvalue weighted by atomic mass is 32.1. The molecule has 0 spiro atoms. The molecular formula is C9H17N3S. The molecule has 0 aliphatic rings. The van der Waals surface area contributed by atoms with E-state index in [-0.39, 0.29) is 0 Å². The quantitative estimate of drug-likeness (QED) is 0.783. The van der Waals surface area contributed by atoms with E-state index >= 15 is 0 Å². The third kappa shape index (κ3) is 2.67. The highest BCUT2D eigenvalue weighted by Crippen LogP contribution is 2.26. The maximum atomic E-state index is 5.63. The van der Waals surface area contributed by atoms with Crippen molar-refractivity contribution in [3.05, 3.63) is 10.6 Å². The Balaban J connectivity index is 2.76. The molecule has 0 aromatic carbocycles. The number of nitrogens with zero attached hydrogens (tertiary/aromatic N) is 1. The van der Waals surface area contributed by atoms with Gasteiger partial charge in [-0.05, 0) is 13.8 Å². The molecule has 0 fully saturated rings. The Bertz CT molecular complexity index is 280. The minimum atomic E-state index is 0.342. The van der Waals surface area contributed by atoms with E-state index in [0.29, 0.717) is 17.2 Å².